The molecule has 2 aromatic carbocycles. The lowest BCUT2D eigenvalue weighted by Gasteiger charge is -2.17. The Kier molecular flexibility index (Phi) is 6.24. The number of ether oxygens (including phenoxy) is 1. The average Bonchev–Trinajstić information content (AvgIpc) is 2.51. The van der Waals surface area contributed by atoms with E-state index in [9.17, 15) is 0 Å². The summed E-state index contributed by atoms with van der Waals surface area (Å²) in [6.07, 6.45) is 0. The first-order valence-corrected chi connectivity index (χ1v) is 8.27. The Labute approximate surface area is 139 Å². The van der Waals surface area contributed by atoms with Crippen molar-refractivity contribution in [2.45, 2.75) is 10.9 Å². The van der Waals surface area contributed by atoms with Crippen LogP contribution in [0, 0.1) is 0 Å². The molecule has 1 atom stereocenters. The van der Waals surface area contributed by atoms with Crippen molar-refractivity contribution in [1.82, 2.24) is 5.32 Å². The lowest BCUT2D eigenvalue weighted by molar-refractivity contribution is 0.413. The summed E-state index contributed by atoms with van der Waals surface area (Å²) in [6, 6.07) is 14.0. The number of hydrogen-bond donors (Lipinski definition) is 1. The van der Waals surface area contributed by atoms with Crippen LogP contribution in [0.2, 0.25) is 10.0 Å². The summed E-state index contributed by atoms with van der Waals surface area (Å²) in [5.41, 5.74) is 1.20. The molecule has 112 valence electrons. The van der Waals surface area contributed by atoms with Gasteiger partial charge in [0, 0.05) is 16.7 Å². The lowest BCUT2D eigenvalue weighted by atomic mass is 10.1. The van der Waals surface area contributed by atoms with E-state index in [1.807, 2.05) is 37.4 Å². The Hall–Kier alpha value is -0.870. The van der Waals surface area contributed by atoms with Gasteiger partial charge in [0.05, 0.1) is 17.2 Å². The van der Waals surface area contributed by atoms with Gasteiger partial charge in [0.1, 0.15) is 5.75 Å². The molecule has 0 radical (unpaired) electrons. The van der Waals surface area contributed by atoms with Crippen LogP contribution >= 0.6 is 35.0 Å². The highest BCUT2D eigenvalue weighted by molar-refractivity contribution is 7.99. The van der Waals surface area contributed by atoms with Crippen LogP contribution in [-0.4, -0.2) is 19.9 Å². The maximum absolute atomic E-state index is 6.04. The predicted octanol–water partition coefficient (Wildman–Crippen LogP) is 5.05. The van der Waals surface area contributed by atoms with Crippen molar-refractivity contribution in [2.75, 3.05) is 19.9 Å². The van der Waals surface area contributed by atoms with E-state index in [0.717, 1.165) is 16.4 Å². The number of benzene rings is 2. The summed E-state index contributed by atoms with van der Waals surface area (Å²) in [4.78, 5) is 1.10. The van der Waals surface area contributed by atoms with E-state index in [0.29, 0.717) is 10.0 Å². The third kappa shape index (κ3) is 4.55. The van der Waals surface area contributed by atoms with E-state index < -0.39 is 0 Å². The van der Waals surface area contributed by atoms with E-state index in [1.54, 1.807) is 18.9 Å². The molecular formula is C16H17Cl2NOS. The molecule has 21 heavy (non-hydrogen) atoms. The third-order valence-electron chi connectivity index (χ3n) is 3.15. The van der Waals surface area contributed by atoms with Crippen LogP contribution in [0.4, 0.5) is 0 Å². The molecule has 0 aromatic heterocycles. The molecule has 0 saturated heterocycles. The molecule has 0 aliphatic rings. The molecule has 0 aliphatic carbocycles. The minimum absolute atomic E-state index is 0.236. The van der Waals surface area contributed by atoms with Crippen LogP contribution in [0.15, 0.2) is 47.4 Å². The Morgan fingerprint density at radius 1 is 1.14 bits per heavy atom. The molecule has 0 amide bonds. The maximum atomic E-state index is 6.04. The maximum Gasteiger partial charge on any atom is 0.119 e. The quantitative estimate of drug-likeness (QED) is 0.742. The first-order chi connectivity index (χ1) is 10.1. The lowest BCUT2D eigenvalue weighted by Crippen LogP contribution is -2.18. The van der Waals surface area contributed by atoms with Crippen molar-refractivity contribution in [3.63, 3.8) is 0 Å². The van der Waals surface area contributed by atoms with Gasteiger partial charge in [0.15, 0.2) is 0 Å². The SMILES string of the molecule is CNC(CSc1ccc(Cl)c(Cl)c1)c1cccc(OC)c1. The van der Waals surface area contributed by atoms with Crippen LogP contribution in [0.1, 0.15) is 11.6 Å². The number of methoxy groups -OCH3 is 1. The number of hydrogen-bond acceptors (Lipinski definition) is 3. The standard InChI is InChI=1S/C16H17Cl2NOS/c1-19-16(11-4-3-5-12(8-11)20-2)10-21-13-6-7-14(17)15(18)9-13/h3-9,16,19H,10H2,1-2H3. The molecule has 2 rings (SSSR count). The van der Waals surface area contributed by atoms with Crippen molar-refractivity contribution in [3.8, 4) is 5.75 Å². The first-order valence-electron chi connectivity index (χ1n) is 6.53. The van der Waals surface area contributed by atoms with Crippen molar-refractivity contribution in [3.05, 3.63) is 58.1 Å². The normalized spacial score (nSPS) is 12.2. The molecular weight excluding hydrogens is 325 g/mol. The smallest absolute Gasteiger partial charge is 0.119 e. The van der Waals surface area contributed by atoms with Crippen LogP contribution in [0.25, 0.3) is 0 Å². The molecule has 0 saturated carbocycles. The second kappa shape index (κ2) is 7.95. The van der Waals surface area contributed by atoms with Crippen LogP contribution in [0.5, 0.6) is 5.75 Å². The fraction of sp³-hybridized carbons (Fsp3) is 0.250. The Bertz CT molecular complexity index is 607. The third-order valence-corrected chi connectivity index (χ3v) is 4.98. The molecule has 5 heteroatoms. The molecule has 2 aromatic rings. The molecule has 1 N–H and O–H groups in total. The Morgan fingerprint density at radius 3 is 2.62 bits per heavy atom. The molecule has 0 heterocycles. The van der Waals surface area contributed by atoms with Gasteiger partial charge in [0.2, 0.25) is 0 Å². The van der Waals surface area contributed by atoms with Gasteiger partial charge in [-0.25, -0.2) is 0 Å². The Morgan fingerprint density at radius 2 is 1.95 bits per heavy atom. The van der Waals surface area contributed by atoms with Gasteiger partial charge in [0.25, 0.3) is 0 Å². The summed E-state index contributed by atoms with van der Waals surface area (Å²) in [6.45, 7) is 0. The highest BCUT2D eigenvalue weighted by atomic mass is 35.5. The summed E-state index contributed by atoms with van der Waals surface area (Å²) in [7, 11) is 3.64. The fourth-order valence-corrected chi connectivity index (χ4v) is 3.40. The molecule has 0 aliphatic heterocycles. The van der Waals surface area contributed by atoms with Crippen LogP contribution in [-0.2, 0) is 0 Å². The Balaban J connectivity index is 2.06. The van der Waals surface area contributed by atoms with Crippen LogP contribution in [0.3, 0.4) is 0 Å². The van der Waals surface area contributed by atoms with Gasteiger partial charge in [-0.15, -0.1) is 11.8 Å². The fourth-order valence-electron chi connectivity index (χ4n) is 1.95. The van der Waals surface area contributed by atoms with Crippen molar-refractivity contribution in [2.24, 2.45) is 0 Å². The number of thioether (sulfide) groups is 1. The van der Waals surface area contributed by atoms with E-state index >= 15 is 0 Å². The minimum atomic E-state index is 0.236. The molecule has 0 bridgehead atoms. The molecule has 2 nitrogen and oxygen atoms in total. The number of halogens is 2. The first kappa shape index (κ1) is 16.5. The van der Waals surface area contributed by atoms with Gasteiger partial charge in [-0.05, 0) is 42.9 Å². The summed E-state index contributed by atoms with van der Waals surface area (Å²) in [5, 5.41) is 4.50. The number of nitrogens with one attached hydrogen (secondary N) is 1. The monoisotopic (exact) mass is 341 g/mol. The zero-order chi connectivity index (χ0) is 15.2. The van der Waals surface area contributed by atoms with Gasteiger partial charge in [-0.2, -0.15) is 0 Å². The number of rotatable bonds is 6. The van der Waals surface area contributed by atoms with Crippen molar-refractivity contribution >= 4 is 35.0 Å². The van der Waals surface area contributed by atoms with Gasteiger partial charge >= 0.3 is 0 Å². The van der Waals surface area contributed by atoms with Crippen molar-refractivity contribution in [1.29, 1.82) is 0 Å². The molecule has 0 fully saturated rings. The second-order valence-electron chi connectivity index (χ2n) is 4.50. The molecule has 0 spiro atoms. The largest absolute Gasteiger partial charge is 0.497 e. The average molecular weight is 342 g/mol. The highest BCUT2D eigenvalue weighted by Gasteiger charge is 2.11. The van der Waals surface area contributed by atoms with Gasteiger partial charge in [-0.1, -0.05) is 35.3 Å². The topological polar surface area (TPSA) is 21.3 Å². The van der Waals surface area contributed by atoms with E-state index in [2.05, 4.69) is 17.4 Å². The van der Waals surface area contributed by atoms with E-state index in [4.69, 9.17) is 27.9 Å². The summed E-state index contributed by atoms with van der Waals surface area (Å²) < 4.78 is 5.27. The minimum Gasteiger partial charge on any atom is -0.497 e. The summed E-state index contributed by atoms with van der Waals surface area (Å²) >= 11 is 13.7. The van der Waals surface area contributed by atoms with Crippen LogP contribution < -0.4 is 10.1 Å². The summed E-state index contributed by atoms with van der Waals surface area (Å²) in [5.74, 6) is 1.76. The van der Waals surface area contributed by atoms with E-state index in [-0.39, 0.29) is 6.04 Å². The predicted molar refractivity (Wildman–Crippen MR) is 92.0 cm³/mol. The molecule has 1 unspecified atom stereocenters. The highest BCUT2D eigenvalue weighted by Crippen LogP contribution is 2.30. The van der Waals surface area contributed by atoms with Gasteiger partial charge in [-0.3, -0.25) is 0 Å². The van der Waals surface area contributed by atoms with E-state index in [1.165, 1.54) is 5.56 Å². The zero-order valence-electron chi connectivity index (χ0n) is 11.9. The van der Waals surface area contributed by atoms with Gasteiger partial charge < -0.3 is 10.1 Å². The second-order valence-corrected chi connectivity index (χ2v) is 6.41. The van der Waals surface area contributed by atoms with Crippen molar-refractivity contribution < 1.29 is 4.74 Å². The zero-order valence-corrected chi connectivity index (χ0v) is 14.2.